The fraction of sp³-hybridized carbons (Fsp3) is 0.647. The molecule has 2 aliphatic carbocycles. The van der Waals surface area contributed by atoms with Crippen LogP contribution in [0, 0.1) is 5.41 Å². The van der Waals surface area contributed by atoms with E-state index < -0.39 is 0 Å². The Hall–Kier alpha value is -1.06. The molecule has 3 rings (SSSR count). The van der Waals surface area contributed by atoms with Gasteiger partial charge in [0.1, 0.15) is 0 Å². The van der Waals surface area contributed by atoms with E-state index in [0.29, 0.717) is 17.6 Å². The van der Waals surface area contributed by atoms with Gasteiger partial charge in [-0.3, -0.25) is 0 Å². The fourth-order valence-corrected chi connectivity index (χ4v) is 4.08. The molecule has 2 N–H and O–H groups in total. The molecular formula is C17H25NO2. The molecule has 0 heterocycles. The lowest BCUT2D eigenvalue weighted by molar-refractivity contribution is -0.114. The number of aliphatic hydroxyl groups excluding tert-OH is 1. The van der Waals surface area contributed by atoms with Gasteiger partial charge in [-0.25, -0.2) is 0 Å². The zero-order chi connectivity index (χ0) is 14.0. The van der Waals surface area contributed by atoms with Crippen molar-refractivity contribution in [1.29, 1.82) is 0 Å². The van der Waals surface area contributed by atoms with E-state index in [2.05, 4.69) is 18.3 Å². The molecule has 2 aliphatic rings. The topological polar surface area (TPSA) is 41.5 Å². The van der Waals surface area contributed by atoms with Gasteiger partial charge in [-0.15, -0.1) is 0 Å². The summed E-state index contributed by atoms with van der Waals surface area (Å²) in [5.74, 6) is 0. The van der Waals surface area contributed by atoms with Gasteiger partial charge < -0.3 is 15.2 Å². The summed E-state index contributed by atoms with van der Waals surface area (Å²) >= 11 is 0. The first kappa shape index (κ1) is 13.9. The number of benzene rings is 1. The molecule has 2 fully saturated rings. The van der Waals surface area contributed by atoms with Crippen LogP contribution in [-0.2, 0) is 11.3 Å². The summed E-state index contributed by atoms with van der Waals surface area (Å²) in [6.07, 6.45) is 6.71. The van der Waals surface area contributed by atoms with Crippen LogP contribution < -0.4 is 5.32 Å². The molecule has 2 unspecified atom stereocenters. The van der Waals surface area contributed by atoms with Crippen molar-refractivity contribution in [3.8, 4) is 0 Å². The summed E-state index contributed by atoms with van der Waals surface area (Å²) in [5, 5.41) is 13.1. The van der Waals surface area contributed by atoms with Crippen LogP contribution in [-0.4, -0.2) is 23.9 Å². The molecule has 3 heteroatoms. The quantitative estimate of drug-likeness (QED) is 0.866. The average Bonchev–Trinajstić information content (AvgIpc) is 2.99. The zero-order valence-corrected chi connectivity index (χ0v) is 12.3. The predicted octanol–water partition coefficient (Wildman–Crippen LogP) is 3.33. The number of ether oxygens (including phenoxy) is 1. The third-order valence-electron chi connectivity index (χ3n) is 5.20. The zero-order valence-electron chi connectivity index (χ0n) is 12.3. The molecule has 1 aromatic rings. The molecule has 0 bridgehead atoms. The standard InChI is InChI=1S/C17H25NO2/c1-2-20-16-11-15(17(16)9-5-6-10-17)18-14-8-4-3-7-13(14)12-19/h3-4,7-8,15-16,18-19H,2,5-6,9-12H2,1H3. The van der Waals surface area contributed by atoms with Gasteiger partial charge in [0.15, 0.2) is 0 Å². The minimum absolute atomic E-state index is 0.0950. The minimum atomic E-state index is 0.0950. The third kappa shape index (κ3) is 2.23. The molecule has 0 saturated heterocycles. The monoisotopic (exact) mass is 275 g/mol. The Kier molecular flexibility index (Phi) is 3.99. The number of hydrogen-bond acceptors (Lipinski definition) is 3. The van der Waals surface area contributed by atoms with Crippen LogP contribution in [0.1, 0.15) is 44.6 Å². The Morgan fingerprint density at radius 1 is 1.30 bits per heavy atom. The van der Waals surface area contributed by atoms with Gasteiger partial charge in [-0.2, -0.15) is 0 Å². The second-order valence-corrected chi connectivity index (χ2v) is 6.13. The maximum atomic E-state index is 9.45. The van der Waals surface area contributed by atoms with Crippen molar-refractivity contribution in [2.24, 2.45) is 5.41 Å². The van der Waals surface area contributed by atoms with Gasteiger partial charge in [-0.1, -0.05) is 31.0 Å². The number of hydrogen-bond donors (Lipinski definition) is 2. The maximum Gasteiger partial charge on any atom is 0.0701 e. The first-order valence-corrected chi connectivity index (χ1v) is 7.87. The highest BCUT2D eigenvalue weighted by atomic mass is 16.5. The molecule has 0 radical (unpaired) electrons. The van der Waals surface area contributed by atoms with Gasteiger partial charge >= 0.3 is 0 Å². The Morgan fingerprint density at radius 3 is 2.75 bits per heavy atom. The van der Waals surface area contributed by atoms with E-state index in [1.165, 1.54) is 25.7 Å². The van der Waals surface area contributed by atoms with Crippen LogP contribution in [0.4, 0.5) is 5.69 Å². The first-order chi connectivity index (χ1) is 9.80. The Morgan fingerprint density at radius 2 is 2.05 bits per heavy atom. The van der Waals surface area contributed by atoms with Crippen molar-refractivity contribution in [3.05, 3.63) is 29.8 Å². The summed E-state index contributed by atoms with van der Waals surface area (Å²) in [6, 6.07) is 8.56. The lowest BCUT2D eigenvalue weighted by atomic mass is 9.60. The summed E-state index contributed by atoms with van der Waals surface area (Å²) < 4.78 is 5.95. The molecule has 20 heavy (non-hydrogen) atoms. The second kappa shape index (κ2) is 5.74. The van der Waals surface area contributed by atoms with Crippen molar-refractivity contribution in [1.82, 2.24) is 0 Å². The summed E-state index contributed by atoms with van der Waals surface area (Å²) in [7, 11) is 0. The van der Waals surface area contributed by atoms with E-state index in [1.54, 1.807) is 0 Å². The van der Waals surface area contributed by atoms with E-state index >= 15 is 0 Å². The van der Waals surface area contributed by atoms with E-state index in [0.717, 1.165) is 24.3 Å². The summed E-state index contributed by atoms with van der Waals surface area (Å²) in [6.45, 7) is 2.99. The van der Waals surface area contributed by atoms with E-state index in [-0.39, 0.29) is 6.61 Å². The lowest BCUT2D eigenvalue weighted by Crippen LogP contribution is -2.60. The molecule has 1 aromatic carbocycles. The van der Waals surface area contributed by atoms with Gasteiger partial charge in [-0.05, 0) is 32.3 Å². The average molecular weight is 275 g/mol. The highest BCUT2D eigenvalue weighted by Gasteiger charge is 2.56. The molecule has 0 aliphatic heterocycles. The Labute approximate surface area is 121 Å². The van der Waals surface area contributed by atoms with Crippen molar-refractivity contribution < 1.29 is 9.84 Å². The Balaban J connectivity index is 1.74. The normalized spacial score (nSPS) is 27.5. The van der Waals surface area contributed by atoms with E-state index in [4.69, 9.17) is 4.74 Å². The van der Waals surface area contributed by atoms with Crippen LogP contribution in [0.3, 0.4) is 0 Å². The predicted molar refractivity (Wildman–Crippen MR) is 80.7 cm³/mol. The summed E-state index contributed by atoms with van der Waals surface area (Å²) in [5.41, 5.74) is 2.40. The van der Waals surface area contributed by atoms with Gasteiger partial charge in [0.05, 0.1) is 12.7 Å². The number of para-hydroxylation sites is 1. The third-order valence-corrected chi connectivity index (χ3v) is 5.20. The Bertz CT molecular complexity index is 454. The lowest BCUT2D eigenvalue weighted by Gasteiger charge is -2.54. The molecule has 3 nitrogen and oxygen atoms in total. The minimum Gasteiger partial charge on any atom is -0.392 e. The van der Waals surface area contributed by atoms with Crippen LogP contribution in [0.25, 0.3) is 0 Å². The van der Waals surface area contributed by atoms with E-state index in [9.17, 15) is 5.11 Å². The largest absolute Gasteiger partial charge is 0.392 e. The molecule has 0 aromatic heterocycles. The molecule has 110 valence electrons. The number of aliphatic hydroxyl groups is 1. The molecule has 1 spiro atoms. The fourth-order valence-electron chi connectivity index (χ4n) is 4.08. The van der Waals surface area contributed by atoms with Gasteiger partial charge in [0.2, 0.25) is 0 Å². The van der Waals surface area contributed by atoms with Gasteiger partial charge in [0, 0.05) is 29.3 Å². The molecule has 2 atom stereocenters. The molecular weight excluding hydrogens is 250 g/mol. The molecule has 2 saturated carbocycles. The van der Waals surface area contributed by atoms with Crippen LogP contribution in [0.5, 0.6) is 0 Å². The van der Waals surface area contributed by atoms with E-state index in [1.807, 2.05) is 18.2 Å². The second-order valence-electron chi connectivity index (χ2n) is 6.13. The number of anilines is 1. The highest BCUT2D eigenvalue weighted by molar-refractivity contribution is 5.52. The maximum absolute atomic E-state index is 9.45. The van der Waals surface area contributed by atoms with Crippen LogP contribution in [0.2, 0.25) is 0 Å². The van der Waals surface area contributed by atoms with Crippen molar-refractivity contribution in [2.45, 2.75) is 57.8 Å². The van der Waals surface area contributed by atoms with Gasteiger partial charge in [0.25, 0.3) is 0 Å². The first-order valence-electron chi connectivity index (χ1n) is 7.87. The van der Waals surface area contributed by atoms with Crippen LogP contribution >= 0.6 is 0 Å². The number of nitrogens with one attached hydrogen (secondary N) is 1. The van der Waals surface area contributed by atoms with Crippen molar-refractivity contribution in [3.63, 3.8) is 0 Å². The SMILES string of the molecule is CCOC1CC(Nc2ccccc2CO)C12CCCC2. The summed E-state index contributed by atoms with van der Waals surface area (Å²) in [4.78, 5) is 0. The van der Waals surface area contributed by atoms with Crippen molar-refractivity contribution in [2.75, 3.05) is 11.9 Å². The smallest absolute Gasteiger partial charge is 0.0701 e. The van der Waals surface area contributed by atoms with Crippen molar-refractivity contribution >= 4 is 5.69 Å². The highest BCUT2D eigenvalue weighted by Crippen LogP contribution is 2.55. The molecule has 0 amide bonds. The number of rotatable bonds is 5. The van der Waals surface area contributed by atoms with Crippen LogP contribution in [0.15, 0.2) is 24.3 Å².